The standard InChI is InChI=1S/C15H26N6OSi/c1-12-7-8-13(15-17-18-19-21(15)3)16-14(12)20(2)11-22-9-10-23(4,5)6/h7-8H,9-11H2,1-6H3. The van der Waals surface area contributed by atoms with Gasteiger partial charge in [-0.25, -0.2) is 9.67 Å². The molecule has 0 aliphatic carbocycles. The van der Waals surface area contributed by atoms with Gasteiger partial charge in [0.1, 0.15) is 18.2 Å². The van der Waals surface area contributed by atoms with Gasteiger partial charge in [-0.2, -0.15) is 0 Å². The quantitative estimate of drug-likeness (QED) is 0.440. The first-order chi connectivity index (χ1) is 10.8. The molecule has 7 nitrogen and oxygen atoms in total. The minimum absolute atomic E-state index is 0.527. The average Bonchev–Trinajstić information content (AvgIpc) is 2.89. The monoisotopic (exact) mass is 334 g/mol. The molecule has 0 amide bonds. The van der Waals surface area contributed by atoms with Gasteiger partial charge in [-0.05, 0) is 35.0 Å². The van der Waals surface area contributed by atoms with E-state index in [2.05, 4.69) is 35.2 Å². The second-order valence-electron chi connectivity index (χ2n) is 7.01. The third-order valence-corrected chi connectivity index (χ3v) is 5.27. The van der Waals surface area contributed by atoms with E-state index < -0.39 is 8.07 Å². The first-order valence-electron chi connectivity index (χ1n) is 7.77. The molecular weight excluding hydrogens is 308 g/mol. The molecule has 2 rings (SSSR count). The topological polar surface area (TPSA) is 69.0 Å². The van der Waals surface area contributed by atoms with E-state index in [9.17, 15) is 0 Å². The first kappa shape index (κ1) is 17.5. The van der Waals surface area contributed by atoms with Gasteiger partial charge in [-0.1, -0.05) is 25.7 Å². The molecule has 0 aliphatic rings. The van der Waals surface area contributed by atoms with E-state index in [1.165, 1.54) is 0 Å². The van der Waals surface area contributed by atoms with Crippen LogP contribution in [0.4, 0.5) is 5.82 Å². The summed E-state index contributed by atoms with van der Waals surface area (Å²) in [6, 6.07) is 5.13. The molecule has 0 unspecified atom stereocenters. The number of rotatable bonds is 7. The minimum atomic E-state index is -1.06. The predicted octanol–water partition coefficient (Wildman–Crippen LogP) is 2.33. The SMILES string of the molecule is Cc1ccc(-c2nnnn2C)nc1N(C)COCC[Si](C)(C)C. The van der Waals surface area contributed by atoms with Crippen LogP contribution < -0.4 is 4.90 Å². The Balaban J connectivity index is 2.05. The zero-order valence-corrected chi connectivity index (χ0v) is 15.9. The summed E-state index contributed by atoms with van der Waals surface area (Å²) in [5.41, 5.74) is 1.85. The van der Waals surface area contributed by atoms with Crippen LogP contribution in [0.25, 0.3) is 11.5 Å². The molecule has 0 N–H and O–H groups in total. The Morgan fingerprint density at radius 3 is 2.61 bits per heavy atom. The van der Waals surface area contributed by atoms with E-state index in [-0.39, 0.29) is 0 Å². The fourth-order valence-electron chi connectivity index (χ4n) is 2.12. The normalized spacial score (nSPS) is 11.7. The fourth-order valence-corrected chi connectivity index (χ4v) is 2.87. The summed E-state index contributed by atoms with van der Waals surface area (Å²) < 4.78 is 7.43. The molecule has 126 valence electrons. The van der Waals surface area contributed by atoms with Crippen molar-refractivity contribution in [2.24, 2.45) is 7.05 Å². The number of aryl methyl sites for hydroxylation is 2. The molecule has 0 radical (unpaired) electrons. The Morgan fingerprint density at radius 2 is 2.00 bits per heavy atom. The third kappa shape index (κ3) is 4.83. The largest absolute Gasteiger partial charge is 0.361 e. The molecule has 2 heterocycles. The summed E-state index contributed by atoms with van der Waals surface area (Å²) in [4.78, 5) is 6.71. The Hall–Kier alpha value is -1.80. The van der Waals surface area contributed by atoms with Crippen LogP contribution >= 0.6 is 0 Å². The van der Waals surface area contributed by atoms with Crippen LogP contribution in [0.3, 0.4) is 0 Å². The van der Waals surface area contributed by atoms with Crippen molar-refractivity contribution in [3.63, 3.8) is 0 Å². The summed E-state index contributed by atoms with van der Waals surface area (Å²) in [6.07, 6.45) is 0. The molecule has 0 atom stereocenters. The van der Waals surface area contributed by atoms with Crippen LogP contribution in [-0.2, 0) is 11.8 Å². The van der Waals surface area contributed by atoms with Crippen molar-refractivity contribution in [1.82, 2.24) is 25.2 Å². The number of aromatic nitrogens is 5. The fraction of sp³-hybridized carbons (Fsp3) is 0.600. The van der Waals surface area contributed by atoms with Gasteiger partial charge in [0, 0.05) is 28.8 Å². The van der Waals surface area contributed by atoms with Gasteiger partial charge in [0.15, 0.2) is 5.82 Å². The van der Waals surface area contributed by atoms with Crippen LogP contribution in [0, 0.1) is 6.92 Å². The van der Waals surface area contributed by atoms with Crippen LogP contribution in [0.15, 0.2) is 12.1 Å². The Labute approximate surface area is 138 Å². The number of nitrogens with zero attached hydrogens (tertiary/aromatic N) is 6. The number of anilines is 1. The number of pyridine rings is 1. The molecule has 23 heavy (non-hydrogen) atoms. The molecule has 8 heteroatoms. The smallest absolute Gasteiger partial charge is 0.200 e. The summed E-state index contributed by atoms with van der Waals surface area (Å²) in [5, 5.41) is 11.5. The highest BCUT2D eigenvalue weighted by atomic mass is 28.3. The molecule has 2 aromatic rings. The van der Waals surface area contributed by atoms with Gasteiger partial charge in [-0.15, -0.1) is 5.10 Å². The molecule has 0 saturated carbocycles. The Morgan fingerprint density at radius 1 is 1.26 bits per heavy atom. The van der Waals surface area contributed by atoms with Crippen LogP contribution in [-0.4, -0.2) is 53.7 Å². The van der Waals surface area contributed by atoms with Gasteiger partial charge < -0.3 is 9.64 Å². The summed E-state index contributed by atoms with van der Waals surface area (Å²) in [5.74, 6) is 1.54. The van der Waals surface area contributed by atoms with Crippen molar-refractivity contribution < 1.29 is 4.74 Å². The van der Waals surface area contributed by atoms with Crippen molar-refractivity contribution in [1.29, 1.82) is 0 Å². The summed E-state index contributed by atoms with van der Waals surface area (Å²) in [6.45, 7) is 10.4. The van der Waals surface area contributed by atoms with E-state index in [4.69, 9.17) is 9.72 Å². The molecular formula is C15H26N6OSi. The van der Waals surface area contributed by atoms with Gasteiger partial charge in [-0.3, -0.25) is 0 Å². The number of ether oxygens (including phenoxy) is 1. The maximum absolute atomic E-state index is 5.81. The van der Waals surface area contributed by atoms with Crippen LogP contribution in [0.2, 0.25) is 25.7 Å². The highest BCUT2D eigenvalue weighted by Crippen LogP contribution is 2.21. The third-order valence-electron chi connectivity index (χ3n) is 3.56. The zero-order valence-electron chi connectivity index (χ0n) is 14.9. The number of tetrazole rings is 1. The number of hydrogen-bond acceptors (Lipinski definition) is 6. The predicted molar refractivity (Wildman–Crippen MR) is 94.1 cm³/mol. The molecule has 0 spiro atoms. The molecule has 0 bridgehead atoms. The maximum Gasteiger partial charge on any atom is 0.200 e. The minimum Gasteiger partial charge on any atom is -0.361 e. The summed E-state index contributed by atoms with van der Waals surface area (Å²) >= 11 is 0. The van der Waals surface area contributed by atoms with E-state index in [0.717, 1.165) is 29.7 Å². The Bertz CT molecular complexity index is 652. The van der Waals surface area contributed by atoms with E-state index in [0.29, 0.717) is 12.6 Å². The van der Waals surface area contributed by atoms with Crippen molar-refractivity contribution in [2.75, 3.05) is 25.3 Å². The lowest BCUT2D eigenvalue weighted by molar-refractivity contribution is 0.149. The van der Waals surface area contributed by atoms with Gasteiger partial charge in [0.2, 0.25) is 0 Å². The van der Waals surface area contributed by atoms with Gasteiger partial charge in [0.05, 0.1) is 0 Å². The molecule has 0 aromatic carbocycles. The van der Waals surface area contributed by atoms with Crippen molar-refractivity contribution in [2.45, 2.75) is 32.6 Å². The lowest BCUT2D eigenvalue weighted by Crippen LogP contribution is -2.26. The van der Waals surface area contributed by atoms with E-state index in [1.807, 2.05) is 31.0 Å². The lowest BCUT2D eigenvalue weighted by Gasteiger charge is -2.22. The van der Waals surface area contributed by atoms with Crippen molar-refractivity contribution >= 4 is 13.9 Å². The van der Waals surface area contributed by atoms with Gasteiger partial charge in [0.25, 0.3) is 0 Å². The van der Waals surface area contributed by atoms with E-state index in [1.54, 1.807) is 11.7 Å². The average molecular weight is 335 g/mol. The Kier molecular flexibility index (Phi) is 5.48. The highest BCUT2D eigenvalue weighted by Gasteiger charge is 2.14. The van der Waals surface area contributed by atoms with Crippen molar-refractivity contribution in [3.05, 3.63) is 17.7 Å². The zero-order chi connectivity index (χ0) is 17.0. The first-order valence-corrected chi connectivity index (χ1v) is 11.5. The van der Waals surface area contributed by atoms with Crippen LogP contribution in [0.1, 0.15) is 5.56 Å². The van der Waals surface area contributed by atoms with Gasteiger partial charge >= 0.3 is 0 Å². The number of hydrogen-bond donors (Lipinski definition) is 0. The second-order valence-corrected chi connectivity index (χ2v) is 12.6. The molecule has 2 aromatic heterocycles. The van der Waals surface area contributed by atoms with Crippen LogP contribution in [0.5, 0.6) is 0 Å². The molecule has 0 fully saturated rings. The lowest BCUT2D eigenvalue weighted by atomic mass is 10.2. The summed E-state index contributed by atoms with van der Waals surface area (Å²) in [7, 11) is 2.74. The highest BCUT2D eigenvalue weighted by molar-refractivity contribution is 6.76. The molecule has 0 saturated heterocycles. The van der Waals surface area contributed by atoms with Crippen molar-refractivity contribution in [3.8, 4) is 11.5 Å². The van der Waals surface area contributed by atoms with E-state index >= 15 is 0 Å². The molecule has 0 aliphatic heterocycles. The second kappa shape index (κ2) is 7.18. The maximum atomic E-state index is 5.81.